The molecule has 0 aromatic carbocycles. The molecule has 0 aliphatic rings. The highest BCUT2D eigenvalue weighted by Gasteiger charge is 2.39. The standard InChI is InChI=1S/C11H26N2O2/c1-7-13(9(2)3)11(4,8-12)10(14-5)15-6/h9-10H,7-8,12H2,1-6H3. The lowest BCUT2D eigenvalue weighted by Crippen LogP contribution is -2.62. The van der Waals surface area contributed by atoms with Crippen molar-refractivity contribution in [2.75, 3.05) is 27.3 Å². The molecule has 0 radical (unpaired) electrons. The number of likely N-dealkylation sites (N-methyl/N-ethyl adjacent to an activating group) is 1. The molecule has 1 unspecified atom stereocenters. The van der Waals surface area contributed by atoms with Gasteiger partial charge in [-0.05, 0) is 27.3 Å². The number of methoxy groups -OCH3 is 2. The third kappa shape index (κ3) is 3.14. The van der Waals surface area contributed by atoms with Gasteiger partial charge in [0.1, 0.15) is 0 Å². The van der Waals surface area contributed by atoms with Crippen molar-refractivity contribution in [2.24, 2.45) is 5.73 Å². The van der Waals surface area contributed by atoms with Gasteiger partial charge in [-0.2, -0.15) is 0 Å². The van der Waals surface area contributed by atoms with Crippen LogP contribution in [0.1, 0.15) is 27.7 Å². The number of rotatable bonds is 7. The van der Waals surface area contributed by atoms with E-state index in [0.717, 1.165) is 6.54 Å². The predicted molar refractivity (Wildman–Crippen MR) is 62.8 cm³/mol. The Kier molecular flexibility index (Phi) is 6.36. The molecule has 15 heavy (non-hydrogen) atoms. The van der Waals surface area contributed by atoms with Crippen molar-refractivity contribution < 1.29 is 9.47 Å². The minimum absolute atomic E-state index is 0.285. The van der Waals surface area contributed by atoms with Gasteiger partial charge < -0.3 is 15.2 Å². The largest absolute Gasteiger partial charge is 0.354 e. The molecule has 4 nitrogen and oxygen atoms in total. The van der Waals surface area contributed by atoms with E-state index >= 15 is 0 Å². The van der Waals surface area contributed by atoms with Gasteiger partial charge in [-0.25, -0.2) is 0 Å². The number of hydrogen-bond acceptors (Lipinski definition) is 4. The minimum Gasteiger partial charge on any atom is -0.354 e. The second-order valence-corrected chi connectivity index (χ2v) is 4.24. The number of nitrogens with two attached hydrogens (primary N) is 1. The second kappa shape index (κ2) is 6.43. The molecule has 0 heterocycles. The average molecular weight is 218 g/mol. The Morgan fingerprint density at radius 2 is 1.73 bits per heavy atom. The second-order valence-electron chi connectivity index (χ2n) is 4.24. The van der Waals surface area contributed by atoms with Crippen LogP contribution in [0.2, 0.25) is 0 Å². The minimum atomic E-state index is -0.301. The van der Waals surface area contributed by atoms with Crippen LogP contribution in [0.5, 0.6) is 0 Å². The highest BCUT2D eigenvalue weighted by molar-refractivity contribution is 4.92. The van der Waals surface area contributed by atoms with Crippen molar-refractivity contribution in [3.8, 4) is 0 Å². The van der Waals surface area contributed by atoms with Crippen LogP contribution in [0.15, 0.2) is 0 Å². The molecule has 0 aliphatic heterocycles. The van der Waals surface area contributed by atoms with Gasteiger partial charge in [0.15, 0.2) is 6.29 Å². The van der Waals surface area contributed by atoms with E-state index in [0.29, 0.717) is 12.6 Å². The van der Waals surface area contributed by atoms with Crippen LogP contribution in [0.4, 0.5) is 0 Å². The third-order valence-corrected chi connectivity index (χ3v) is 2.97. The van der Waals surface area contributed by atoms with E-state index < -0.39 is 0 Å². The molecule has 92 valence electrons. The van der Waals surface area contributed by atoms with Crippen LogP contribution in [-0.4, -0.2) is 50.1 Å². The molecule has 0 aromatic heterocycles. The smallest absolute Gasteiger partial charge is 0.176 e. The first kappa shape index (κ1) is 14.8. The summed E-state index contributed by atoms with van der Waals surface area (Å²) in [6.45, 7) is 9.93. The molecule has 0 aromatic rings. The first-order chi connectivity index (χ1) is 6.97. The molecule has 0 bridgehead atoms. The lowest BCUT2D eigenvalue weighted by Gasteiger charge is -2.46. The molecular formula is C11H26N2O2. The van der Waals surface area contributed by atoms with E-state index in [-0.39, 0.29) is 11.8 Å². The molecule has 0 amide bonds. The first-order valence-corrected chi connectivity index (χ1v) is 5.50. The SMILES string of the molecule is CCN(C(C)C)C(C)(CN)C(OC)OC. The third-order valence-electron chi connectivity index (χ3n) is 2.97. The van der Waals surface area contributed by atoms with Crippen LogP contribution in [0.25, 0.3) is 0 Å². The fraction of sp³-hybridized carbons (Fsp3) is 1.00. The highest BCUT2D eigenvalue weighted by Crippen LogP contribution is 2.23. The molecule has 2 N–H and O–H groups in total. The van der Waals surface area contributed by atoms with Gasteiger partial charge in [0.05, 0.1) is 5.54 Å². The van der Waals surface area contributed by atoms with E-state index in [1.807, 2.05) is 0 Å². The molecule has 0 aliphatic carbocycles. The zero-order chi connectivity index (χ0) is 12.1. The van der Waals surface area contributed by atoms with E-state index in [1.54, 1.807) is 14.2 Å². The van der Waals surface area contributed by atoms with Crippen molar-refractivity contribution >= 4 is 0 Å². The van der Waals surface area contributed by atoms with Crippen LogP contribution in [-0.2, 0) is 9.47 Å². The number of nitrogens with zero attached hydrogens (tertiary/aromatic N) is 1. The fourth-order valence-corrected chi connectivity index (χ4v) is 2.27. The number of hydrogen-bond donors (Lipinski definition) is 1. The van der Waals surface area contributed by atoms with E-state index in [1.165, 1.54) is 0 Å². The van der Waals surface area contributed by atoms with E-state index in [9.17, 15) is 0 Å². The summed E-state index contributed by atoms with van der Waals surface area (Å²) in [5.74, 6) is 0. The maximum absolute atomic E-state index is 5.87. The van der Waals surface area contributed by atoms with Gasteiger partial charge in [0.2, 0.25) is 0 Å². The maximum Gasteiger partial charge on any atom is 0.176 e. The Morgan fingerprint density at radius 1 is 1.27 bits per heavy atom. The Balaban J connectivity index is 4.93. The molecule has 0 fully saturated rings. The summed E-state index contributed by atoms with van der Waals surface area (Å²) in [5.41, 5.74) is 5.59. The van der Waals surface area contributed by atoms with Crippen LogP contribution in [0.3, 0.4) is 0 Å². The zero-order valence-corrected chi connectivity index (χ0v) is 10.9. The summed E-state index contributed by atoms with van der Waals surface area (Å²) in [6.07, 6.45) is -0.301. The molecule has 0 spiro atoms. The lowest BCUT2D eigenvalue weighted by atomic mass is 9.97. The summed E-state index contributed by atoms with van der Waals surface area (Å²) in [4.78, 5) is 2.30. The quantitative estimate of drug-likeness (QED) is 0.649. The summed E-state index contributed by atoms with van der Waals surface area (Å²) in [7, 11) is 3.30. The van der Waals surface area contributed by atoms with Crippen molar-refractivity contribution in [3.05, 3.63) is 0 Å². The average Bonchev–Trinajstić information content (AvgIpc) is 2.19. The topological polar surface area (TPSA) is 47.7 Å². The van der Waals surface area contributed by atoms with Crippen LogP contribution < -0.4 is 5.73 Å². The summed E-state index contributed by atoms with van der Waals surface area (Å²) < 4.78 is 10.7. The monoisotopic (exact) mass is 218 g/mol. The molecule has 1 atom stereocenters. The van der Waals surface area contributed by atoms with E-state index in [4.69, 9.17) is 15.2 Å². The Hall–Kier alpha value is -0.160. The van der Waals surface area contributed by atoms with Gasteiger partial charge in [-0.1, -0.05) is 6.92 Å². The normalized spacial score (nSPS) is 16.4. The summed E-state index contributed by atoms with van der Waals surface area (Å²) >= 11 is 0. The highest BCUT2D eigenvalue weighted by atomic mass is 16.7. The molecule has 4 heteroatoms. The van der Waals surface area contributed by atoms with Gasteiger partial charge in [0.25, 0.3) is 0 Å². The molecule has 0 saturated carbocycles. The van der Waals surface area contributed by atoms with Crippen molar-refractivity contribution in [1.82, 2.24) is 4.90 Å². The molecular weight excluding hydrogens is 192 g/mol. The van der Waals surface area contributed by atoms with Gasteiger partial charge in [-0.3, -0.25) is 4.90 Å². The van der Waals surface area contributed by atoms with Gasteiger partial charge in [-0.15, -0.1) is 0 Å². The van der Waals surface area contributed by atoms with Crippen LogP contribution in [0, 0.1) is 0 Å². The Labute approximate surface area is 93.7 Å². The van der Waals surface area contributed by atoms with Crippen molar-refractivity contribution in [1.29, 1.82) is 0 Å². The van der Waals surface area contributed by atoms with Crippen molar-refractivity contribution in [3.63, 3.8) is 0 Å². The summed E-state index contributed by atoms with van der Waals surface area (Å²) in [6, 6.07) is 0.413. The maximum atomic E-state index is 5.87. The fourth-order valence-electron chi connectivity index (χ4n) is 2.27. The number of ether oxygens (including phenoxy) is 2. The van der Waals surface area contributed by atoms with Gasteiger partial charge in [0, 0.05) is 26.8 Å². The van der Waals surface area contributed by atoms with Crippen molar-refractivity contribution in [2.45, 2.75) is 45.6 Å². The predicted octanol–water partition coefficient (Wildman–Crippen LogP) is 1.05. The molecule has 0 saturated heterocycles. The molecule has 0 rings (SSSR count). The summed E-state index contributed by atoms with van der Waals surface area (Å²) in [5, 5.41) is 0. The first-order valence-electron chi connectivity index (χ1n) is 5.50. The zero-order valence-electron chi connectivity index (χ0n) is 10.9. The van der Waals surface area contributed by atoms with Crippen LogP contribution >= 0.6 is 0 Å². The Bertz CT molecular complexity index is 172. The van der Waals surface area contributed by atoms with Gasteiger partial charge >= 0.3 is 0 Å². The van der Waals surface area contributed by atoms with E-state index in [2.05, 4.69) is 32.6 Å². The lowest BCUT2D eigenvalue weighted by molar-refractivity contribution is -0.185. The Morgan fingerprint density at radius 3 is 1.93 bits per heavy atom.